The fourth-order valence-electron chi connectivity index (χ4n) is 3.46. The molecule has 1 aliphatic heterocycles. The van der Waals surface area contributed by atoms with Gasteiger partial charge in [-0.25, -0.2) is 0 Å². The van der Waals surface area contributed by atoms with E-state index < -0.39 is 29.8 Å². The van der Waals surface area contributed by atoms with Crippen LogP contribution in [0.15, 0.2) is 24.3 Å². The minimum atomic E-state index is -0.904. The van der Waals surface area contributed by atoms with Gasteiger partial charge in [0.2, 0.25) is 0 Å². The van der Waals surface area contributed by atoms with Gasteiger partial charge in [0, 0.05) is 24.8 Å². The number of benzene rings is 2. The average molecular weight is 411 g/mol. The molecule has 2 aromatic rings. The van der Waals surface area contributed by atoms with Crippen LogP contribution in [-0.4, -0.2) is 51.5 Å². The molecule has 0 saturated carbocycles. The van der Waals surface area contributed by atoms with Crippen LogP contribution in [0.1, 0.15) is 35.6 Å². The number of halogens is 1. The summed E-state index contributed by atoms with van der Waals surface area (Å²) in [4.78, 5) is 0. The minimum Gasteiger partial charge on any atom is -0.507 e. The quantitative estimate of drug-likeness (QED) is 0.379. The molecule has 0 aromatic heterocycles. The lowest BCUT2D eigenvalue weighted by Crippen LogP contribution is -2.33. The van der Waals surface area contributed by atoms with Crippen molar-refractivity contribution in [2.24, 2.45) is 0 Å². The molecule has 152 valence electrons. The van der Waals surface area contributed by atoms with E-state index in [0.29, 0.717) is 5.75 Å². The molecule has 7 nitrogen and oxygen atoms in total. The zero-order valence-corrected chi connectivity index (χ0v) is 16.1. The third kappa shape index (κ3) is 3.98. The van der Waals surface area contributed by atoms with Gasteiger partial charge in [-0.15, -0.1) is 0 Å². The molecule has 1 saturated heterocycles. The number of hydrogen-bond acceptors (Lipinski definition) is 7. The number of methoxy groups -OCH3 is 1. The molecule has 0 amide bonds. The van der Waals surface area contributed by atoms with Gasteiger partial charge >= 0.3 is 0 Å². The summed E-state index contributed by atoms with van der Waals surface area (Å²) in [6, 6.07) is 7.10. The molecule has 0 spiro atoms. The number of ether oxygens (including phenoxy) is 2. The van der Waals surface area contributed by atoms with Gasteiger partial charge in [-0.1, -0.05) is 23.7 Å². The molecule has 28 heavy (non-hydrogen) atoms. The Morgan fingerprint density at radius 3 is 2.36 bits per heavy atom. The van der Waals surface area contributed by atoms with Crippen molar-refractivity contribution in [3.8, 4) is 23.0 Å². The maximum atomic E-state index is 10.8. The molecule has 2 aromatic carbocycles. The van der Waals surface area contributed by atoms with Crippen molar-refractivity contribution in [2.75, 3.05) is 13.7 Å². The van der Waals surface area contributed by atoms with Crippen LogP contribution in [0, 0.1) is 0 Å². The van der Waals surface area contributed by atoms with Gasteiger partial charge in [0.25, 0.3) is 0 Å². The van der Waals surface area contributed by atoms with Gasteiger partial charge in [-0.3, -0.25) is 0 Å². The summed E-state index contributed by atoms with van der Waals surface area (Å²) in [5, 5.41) is 50.7. The lowest BCUT2D eigenvalue weighted by atomic mass is 9.91. The first-order valence-electron chi connectivity index (χ1n) is 8.88. The van der Waals surface area contributed by atoms with Crippen molar-refractivity contribution in [3.63, 3.8) is 0 Å². The number of rotatable bonds is 5. The highest BCUT2D eigenvalue weighted by Crippen LogP contribution is 2.51. The van der Waals surface area contributed by atoms with Crippen LogP contribution in [0.4, 0.5) is 0 Å². The zero-order valence-electron chi connectivity index (χ0n) is 15.3. The monoisotopic (exact) mass is 410 g/mol. The van der Waals surface area contributed by atoms with Crippen LogP contribution < -0.4 is 4.74 Å². The van der Waals surface area contributed by atoms with E-state index in [1.807, 2.05) is 0 Å². The largest absolute Gasteiger partial charge is 0.507 e. The molecule has 3 unspecified atom stereocenters. The molecule has 1 aliphatic rings. The Hall–Kier alpha value is -2.19. The maximum absolute atomic E-state index is 10.8. The second kappa shape index (κ2) is 8.45. The lowest BCUT2D eigenvalue weighted by Gasteiger charge is -2.33. The Balaban J connectivity index is 2.01. The second-order valence-electron chi connectivity index (χ2n) is 6.83. The van der Waals surface area contributed by atoms with E-state index in [0.717, 1.165) is 5.56 Å². The van der Waals surface area contributed by atoms with Crippen LogP contribution in [0.5, 0.6) is 23.0 Å². The Morgan fingerprint density at radius 1 is 1.07 bits per heavy atom. The lowest BCUT2D eigenvalue weighted by molar-refractivity contribution is -0.114. The summed E-state index contributed by atoms with van der Waals surface area (Å²) in [7, 11) is 1.56. The highest BCUT2D eigenvalue weighted by molar-refractivity contribution is 6.33. The van der Waals surface area contributed by atoms with E-state index in [4.69, 9.17) is 21.1 Å². The normalized spacial score (nSPS) is 22.2. The predicted molar refractivity (Wildman–Crippen MR) is 102 cm³/mol. The third-order valence-electron chi connectivity index (χ3n) is 4.94. The van der Waals surface area contributed by atoms with E-state index in [1.54, 1.807) is 31.4 Å². The SMILES string of the molecule is COc1ccc(Cc2c(O)c(C3CC(O)CC(CO)O3)c(O)c(O)c2Cl)cc1. The van der Waals surface area contributed by atoms with Crippen molar-refractivity contribution < 1.29 is 35.0 Å². The van der Waals surface area contributed by atoms with Crippen LogP contribution in [0.2, 0.25) is 5.02 Å². The molecule has 0 radical (unpaired) electrons. The summed E-state index contributed by atoms with van der Waals surface area (Å²) in [6.45, 7) is -0.312. The van der Waals surface area contributed by atoms with Gasteiger partial charge in [-0.05, 0) is 17.7 Å². The van der Waals surface area contributed by atoms with Crippen molar-refractivity contribution in [3.05, 3.63) is 46.0 Å². The maximum Gasteiger partial charge on any atom is 0.177 e. The highest BCUT2D eigenvalue weighted by Gasteiger charge is 2.35. The van der Waals surface area contributed by atoms with Crippen molar-refractivity contribution >= 4 is 11.6 Å². The summed E-state index contributed by atoms with van der Waals surface area (Å²) >= 11 is 6.18. The Kier molecular flexibility index (Phi) is 6.20. The number of phenolic OH excluding ortho intramolecular Hbond substituents is 3. The number of hydrogen-bond donors (Lipinski definition) is 5. The zero-order chi connectivity index (χ0) is 20.4. The van der Waals surface area contributed by atoms with E-state index >= 15 is 0 Å². The van der Waals surface area contributed by atoms with E-state index in [9.17, 15) is 25.5 Å². The molecule has 1 fully saturated rings. The first-order chi connectivity index (χ1) is 13.3. The van der Waals surface area contributed by atoms with Gasteiger partial charge < -0.3 is 35.0 Å². The van der Waals surface area contributed by atoms with E-state index in [2.05, 4.69) is 0 Å². The predicted octanol–water partition coefficient (Wildman–Crippen LogP) is 2.63. The van der Waals surface area contributed by atoms with E-state index in [-0.39, 0.29) is 47.8 Å². The molecule has 0 aliphatic carbocycles. The third-order valence-corrected chi connectivity index (χ3v) is 5.34. The van der Waals surface area contributed by atoms with Gasteiger partial charge in [0.1, 0.15) is 11.5 Å². The number of aliphatic hydroxyl groups excluding tert-OH is 2. The van der Waals surface area contributed by atoms with Crippen LogP contribution in [0.25, 0.3) is 0 Å². The van der Waals surface area contributed by atoms with Crippen LogP contribution >= 0.6 is 11.6 Å². The van der Waals surface area contributed by atoms with Crippen molar-refractivity contribution in [2.45, 2.75) is 37.6 Å². The van der Waals surface area contributed by atoms with E-state index in [1.165, 1.54) is 0 Å². The number of aromatic hydroxyl groups is 3. The summed E-state index contributed by atoms with van der Waals surface area (Å²) < 4.78 is 10.8. The first kappa shape index (κ1) is 20.5. The fourth-order valence-corrected chi connectivity index (χ4v) is 3.71. The summed E-state index contributed by atoms with van der Waals surface area (Å²) in [6.07, 6.45) is -1.80. The average Bonchev–Trinajstić information content (AvgIpc) is 2.69. The molecular formula is C20H23ClO7. The molecular weight excluding hydrogens is 388 g/mol. The van der Waals surface area contributed by atoms with Crippen molar-refractivity contribution in [1.29, 1.82) is 0 Å². The molecule has 1 heterocycles. The Labute approximate surface area is 167 Å². The van der Waals surface area contributed by atoms with Gasteiger partial charge in [0.05, 0.1) is 42.6 Å². The van der Waals surface area contributed by atoms with Crippen LogP contribution in [0.3, 0.4) is 0 Å². The fraction of sp³-hybridized carbons (Fsp3) is 0.400. The highest BCUT2D eigenvalue weighted by atomic mass is 35.5. The van der Waals surface area contributed by atoms with Gasteiger partial charge in [-0.2, -0.15) is 0 Å². The molecule has 8 heteroatoms. The topological polar surface area (TPSA) is 120 Å². The van der Waals surface area contributed by atoms with Crippen molar-refractivity contribution in [1.82, 2.24) is 0 Å². The molecule has 5 N–H and O–H groups in total. The standard InChI is InChI=1S/C20H23ClO7/c1-27-12-4-2-10(3-5-12)6-14-17(21)20(26)19(25)16(18(14)24)15-8-11(23)7-13(9-22)28-15/h2-5,11,13,15,22-26H,6-9H2,1H3. The Morgan fingerprint density at radius 2 is 1.75 bits per heavy atom. The van der Waals surface area contributed by atoms with Crippen LogP contribution in [-0.2, 0) is 11.2 Å². The molecule has 0 bridgehead atoms. The number of aliphatic hydroxyl groups is 2. The van der Waals surface area contributed by atoms with Gasteiger partial charge in [0.15, 0.2) is 11.5 Å². The summed E-state index contributed by atoms with van der Waals surface area (Å²) in [5.74, 6) is -0.807. The number of phenols is 3. The first-order valence-corrected chi connectivity index (χ1v) is 9.25. The minimum absolute atomic E-state index is 0.0531. The Bertz CT molecular complexity index is 838. The second-order valence-corrected chi connectivity index (χ2v) is 7.21. The summed E-state index contributed by atoms with van der Waals surface area (Å²) in [5.41, 5.74) is 0.968. The smallest absolute Gasteiger partial charge is 0.177 e. The molecule has 3 rings (SSSR count). The molecule has 3 atom stereocenters.